The van der Waals surface area contributed by atoms with Crippen molar-refractivity contribution in [2.24, 2.45) is 0 Å². The first-order chi connectivity index (χ1) is 14.8. The van der Waals surface area contributed by atoms with E-state index in [1.807, 2.05) is 49.6 Å². The minimum Gasteiger partial charge on any atom is -0.496 e. The van der Waals surface area contributed by atoms with Crippen LogP contribution in [0.25, 0.3) is 5.69 Å². The van der Waals surface area contributed by atoms with E-state index < -0.39 is 4.92 Å². The fourth-order valence-corrected chi connectivity index (χ4v) is 3.41. The van der Waals surface area contributed by atoms with E-state index in [1.54, 1.807) is 12.1 Å². The molecule has 0 aliphatic rings. The van der Waals surface area contributed by atoms with Crippen molar-refractivity contribution in [3.05, 3.63) is 75.6 Å². The van der Waals surface area contributed by atoms with Crippen LogP contribution in [0.2, 0.25) is 0 Å². The van der Waals surface area contributed by atoms with E-state index in [0.717, 1.165) is 22.8 Å². The maximum Gasteiger partial charge on any atom is 0.314 e. The lowest BCUT2D eigenvalue weighted by Gasteiger charge is -2.11. The number of hydrogen-bond acceptors (Lipinski definition) is 6. The molecule has 2 aromatic carbocycles. The topological polar surface area (TPSA) is 92.8 Å². The van der Waals surface area contributed by atoms with E-state index in [1.165, 1.54) is 19.2 Å². The zero-order valence-corrected chi connectivity index (χ0v) is 17.9. The molecular weight excluding hydrogens is 400 g/mol. The standard InChI is InChI=1S/C23H24N2O6/c1-5-30-18-8-6-17(7-9-18)24-15(2)12-20(16(24)3)22(26)14-31-23-11-10-19(29-4)13-21(23)25(27)28/h6-13H,5,14H2,1-4H3. The largest absolute Gasteiger partial charge is 0.496 e. The fourth-order valence-electron chi connectivity index (χ4n) is 3.41. The molecule has 0 atom stereocenters. The second kappa shape index (κ2) is 9.34. The molecule has 0 amide bonds. The minimum atomic E-state index is -0.569. The van der Waals surface area contributed by atoms with E-state index >= 15 is 0 Å². The van der Waals surface area contributed by atoms with Crippen LogP contribution in [0.15, 0.2) is 48.5 Å². The summed E-state index contributed by atoms with van der Waals surface area (Å²) in [6.07, 6.45) is 0. The maximum atomic E-state index is 12.8. The number of nitro groups is 1. The Bertz CT molecular complexity index is 1100. The van der Waals surface area contributed by atoms with Crippen molar-refractivity contribution in [3.8, 4) is 22.9 Å². The van der Waals surface area contributed by atoms with Crippen LogP contribution < -0.4 is 14.2 Å². The van der Waals surface area contributed by atoms with Gasteiger partial charge in [0.05, 0.1) is 24.7 Å². The first kappa shape index (κ1) is 21.9. The Kier molecular flexibility index (Phi) is 6.59. The number of carbonyl (C=O) groups excluding carboxylic acids is 1. The third-order valence-electron chi connectivity index (χ3n) is 4.86. The summed E-state index contributed by atoms with van der Waals surface area (Å²) in [5.41, 5.74) is 2.80. The minimum absolute atomic E-state index is 0.0134. The number of methoxy groups -OCH3 is 1. The lowest BCUT2D eigenvalue weighted by atomic mass is 10.1. The fraction of sp³-hybridized carbons (Fsp3) is 0.261. The quantitative estimate of drug-likeness (QED) is 0.281. The maximum absolute atomic E-state index is 12.8. The normalized spacial score (nSPS) is 10.6. The molecule has 0 aliphatic carbocycles. The summed E-state index contributed by atoms with van der Waals surface area (Å²) in [4.78, 5) is 23.6. The monoisotopic (exact) mass is 424 g/mol. The number of nitrogens with zero attached hydrogens (tertiary/aromatic N) is 2. The lowest BCUT2D eigenvalue weighted by Crippen LogP contribution is -2.13. The van der Waals surface area contributed by atoms with Crippen molar-refractivity contribution in [3.63, 3.8) is 0 Å². The van der Waals surface area contributed by atoms with Crippen molar-refractivity contribution < 1.29 is 23.9 Å². The van der Waals surface area contributed by atoms with Crippen molar-refractivity contribution in [2.45, 2.75) is 20.8 Å². The van der Waals surface area contributed by atoms with Gasteiger partial charge >= 0.3 is 5.69 Å². The second-order valence-corrected chi connectivity index (χ2v) is 6.85. The van der Waals surface area contributed by atoms with E-state index in [4.69, 9.17) is 14.2 Å². The first-order valence-electron chi connectivity index (χ1n) is 9.76. The predicted molar refractivity (Wildman–Crippen MR) is 116 cm³/mol. The summed E-state index contributed by atoms with van der Waals surface area (Å²) < 4.78 is 18.0. The number of ether oxygens (including phenoxy) is 3. The molecule has 3 rings (SSSR count). The van der Waals surface area contributed by atoms with Crippen LogP contribution in [0, 0.1) is 24.0 Å². The molecule has 0 saturated heterocycles. The second-order valence-electron chi connectivity index (χ2n) is 6.85. The van der Waals surface area contributed by atoms with Gasteiger partial charge in [-0.2, -0.15) is 0 Å². The van der Waals surface area contributed by atoms with Crippen LogP contribution >= 0.6 is 0 Å². The number of ketones is 1. The Morgan fingerprint density at radius 1 is 1.03 bits per heavy atom. The Morgan fingerprint density at radius 3 is 2.32 bits per heavy atom. The summed E-state index contributed by atoms with van der Waals surface area (Å²) in [6.45, 7) is 5.96. The number of hydrogen-bond donors (Lipinski definition) is 0. The van der Waals surface area contributed by atoms with Gasteiger partial charge in [0.25, 0.3) is 0 Å². The average Bonchev–Trinajstić information content (AvgIpc) is 3.06. The molecule has 0 radical (unpaired) electrons. The number of aryl methyl sites for hydroxylation is 1. The molecule has 162 valence electrons. The zero-order chi connectivity index (χ0) is 22.5. The van der Waals surface area contributed by atoms with Crippen LogP contribution in [-0.2, 0) is 0 Å². The van der Waals surface area contributed by atoms with E-state index in [0.29, 0.717) is 17.9 Å². The first-order valence-corrected chi connectivity index (χ1v) is 9.76. The van der Waals surface area contributed by atoms with Gasteiger partial charge in [-0.05, 0) is 63.2 Å². The molecule has 0 bridgehead atoms. The molecule has 8 heteroatoms. The molecule has 0 unspecified atom stereocenters. The average molecular weight is 424 g/mol. The number of aromatic nitrogens is 1. The molecule has 0 N–H and O–H groups in total. The van der Waals surface area contributed by atoms with Gasteiger partial charge in [-0.1, -0.05) is 0 Å². The third-order valence-corrected chi connectivity index (χ3v) is 4.86. The molecule has 31 heavy (non-hydrogen) atoms. The van der Waals surface area contributed by atoms with Crippen LogP contribution in [0.3, 0.4) is 0 Å². The van der Waals surface area contributed by atoms with Gasteiger partial charge in [0.15, 0.2) is 12.4 Å². The Labute approximate surface area is 180 Å². The van der Waals surface area contributed by atoms with Gasteiger partial charge in [-0.3, -0.25) is 14.9 Å². The van der Waals surface area contributed by atoms with Gasteiger partial charge in [0.1, 0.15) is 11.5 Å². The molecule has 0 fully saturated rings. The van der Waals surface area contributed by atoms with Gasteiger partial charge in [0.2, 0.25) is 5.78 Å². The highest BCUT2D eigenvalue weighted by atomic mass is 16.6. The van der Waals surface area contributed by atoms with Crippen molar-refractivity contribution >= 4 is 11.5 Å². The van der Waals surface area contributed by atoms with Gasteiger partial charge < -0.3 is 18.8 Å². The number of nitro benzene ring substituents is 1. The van der Waals surface area contributed by atoms with Gasteiger partial charge in [-0.15, -0.1) is 0 Å². The SMILES string of the molecule is CCOc1ccc(-n2c(C)cc(C(=O)COc3ccc(OC)cc3[N+](=O)[O-])c2C)cc1. The molecule has 0 aliphatic heterocycles. The van der Waals surface area contributed by atoms with E-state index in [9.17, 15) is 14.9 Å². The third kappa shape index (κ3) is 4.69. The lowest BCUT2D eigenvalue weighted by molar-refractivity contribution is -0.385. The number of carbonyl (C=O) groups is 1. The van der Waals surface area contributed by atoms with Crippen LogP contribution in [-0.4, -0.2) is 35.6 Å². The van der Waals surface area contributed by atoms with E-state index in [2.05, 4.69) is 0 Å². The summed E-state index contributed by atoms with van der Waals surface area (Å²) in [5, 5.41) is 11.3. The Balaban J connectivity index is 1.81. The van der Waals surface area contributed by atoms with E-state index in [-0.39, 0.29) is 23.8 Å². The van der Waals surface area contributed by atoms with Gasteiger partial charge in [-0.25, -0.2) is 0 Å². The van der Waals surface area contributed by atoms with Crippen molar-refractivity contribution in [1.29, 1.82) is 0 Å². The molecule has 0 spiro atoms. The van der Waals surface area contributed by atoms with Crippen molar-refractivity contribution in [2.75, 3.05) is 20.3 Å². The molecule has 1 aromatic heterocycles. The van der Waals surface area contributed by atoms with Gasteiger partial charge in [0, 0.05) is 22.6 Å². The zero-order valence-electron chi connectivity index (χ0n) is 17.9. The molecular formula is C23H24N2O6. The summed E-state index contributed by atoms with van der Waals surface area (Å²) in [5.74, 6) is 0.860. The highest BCUT2D eigenvalue weighted by Crippen LogP contribution is 2.31. The van der Waals surface area contributed by atoms with Crippen LogP contribution in [0.5, 0.6) is 17.2 Å². The number of rotatable bonds is 9. The summed E-state index contributed by atoms with van der Waals surface area (Å²) in [7, 11) is 1.42. The number of Topliss-reactive ketones (excluding diaryl/α,β-unsaturated/α-hetero) is 1. The molecule has 0 saturated carbocycles. The number of benzene rings is 2. The predicted octanol–water partition coefficient (Wildman–Crippen LogP) is 4.67. The molecule has 8 nitrogen and oxygen atoms in total. The highest BCUT2D eigenvalue weighted by molar-refractivity contribution is 5.98. The van der Waals surface area contributed by atoms with Crippen LogP contribution in [0.1, 0.15) is 28.7 Å². The summed E-state index contributed by atoms with van der Waals surface area (Å²) in [6, 6.07) is 13.6. The Morgan fingerprint density at radius 2 is 1.71 bits per heavy atom. The molecule has 1 heterocycles. The smallest absolute Gasteiger partial charge is 0.314 e. The molecule has 3 aromatic rings. The van der Waals surface area contributed by atoms with Crippen LogP contribution in [0.4, 0.5) is 5.69 Å². The Hall–Kier alpha value is -3.81. The highest BCUT2D eigenvalue weighted by Gasteiger charge is 2.21. The summed E-state index contributed by atoms with van der Waals surface area (Å²) >= 11 is 0. The van der Waals surface area contributed by atoms with Crippen molar-refractivity contribution in [1.82, 2.24) is 4.57 Å².